The van der Waals surface area contributed by atoms with Crippen molar-refractivity contribution in [2.75, 3.05) is 25.4 Å². The average molecular weight is 371 g/mol. The molecule has 0 radical (unpaired) electrons. The van der Waals surface area contributed by atoms with Crippen LogP contribution < -0.4 is 5.32 Å². The first-order valence-electron chi connectivity index (χ1n) is 8.53. The number of thioether (sulfide) groups is 1. The van der Waals surface area contributed by atoms with Gasteiger partial charge in [-0.2, -0.15) is 4.31 Å². The maximum atomic E-state index is 12.4. The Kier molecular flexibility index (Phi) is 7.58. The molecule has 1 aliphatic rings. The lowest BCUT2D eigenvalue weighted by Gasteiger charge is -2.15. The molecule has 0 atom stereocenters. The van der Waals surface area contributed by atoms with Gasteiger partial charge in [-0.05, 0) is 43.5 Å². The summed E-state index contributed by atoms with van der Waals surface area (Å²) in [6.07, 6.45) is 5.13. The van der Waals surface area contributed by atoms with Gasteiger partial charge in [-0.15, -0.1) is 11.8 Å². The van der Waals surface area contributed by atoms with Crippen molar-refractivity contribution < 1.29 is 13.2 Å². The minimum atomic E-state index is -3.36. The number of nitrogens with one attached hydrogen (secondary N) is 1. The summed E-state index contributed by atoms with van der Waals surface area (Å²) in [7, 11) is -3.36. The Balaban J connectivity index is 1.82. The maximum Gasteiger partial charge on any atom is 0.243 e. The number of unbranched alkanes of at least 4 members (excludes halogenated alkanes) is 2. The summed E-state index contributed by atoms with van der Waals surface area (Å²) in [5.74, 6) is 0.370. The normalized spacial score (nSPS) is 15.5. The highest BCUT2D eigenvalue weighted by atomic mass is 32.2. The number of sulfonamides is 1. The Bertz CT molecular complexity index is 624. The lowest BCUT2D eigenvalue weighted by atomic mass is 10.2. The van der Waals surface area contributed by atoms with Gasteiger partial charge in [0.25, 0.3) is 0 Å². The van der Waals surface area contributed by atoms with Crippen LogP contribution in [0.2, 0.25) is 0 Å². The van der Waals surface area contributed by atoms with E-state index in [9.17, 15) is 13.2 Å². The van der Waals surface area contributed by atoms with E-state index in [0.29, 0.717) is 23.7 Å². The van der Waals surface area contributed by atoms with E-state index in [0.717, 1.165) is 43.5 Å². The fourth-order valence-electron chi connectivity index (χ4n) is 2.59. The number of carbonyl (C=O) groups excluding carboxylic acids is 1. The van der Waals surface area contributed by atoms with Crippen LogP contribution in [0.4, 0.5) is 0 Å². The molecule has 24 heavy (non-hydrogen) atoms. The maximum absolute atomic E-state index is 12.4. The summed E-state index contributed by atoms with van der Waals surface area (Å²) in [4.78, 5) is 13.0. The predicted octanol–water partition coefficient (Wildman–Crippen LogP) is 2.87. The molecule has 0 spiro atoms. The van der Waals surface area contributed by atoms with Crippen molar-refractivity contribution in [1.29, 1.82) is 0 Å². The molecule has 0 saturated carbocycles. The molecule has 1 aromatic carbocycles. The molecule has 5 nitrogen and oxygen atoms in total. The fourth-order valence-corrected chi connectivity index (χ4v) is 4.83. The molecule has 2 rings (SSSR count). The van der Waals surface area contributed by atoms with Crippen molar-refractivity contribution in [3.63, 3.8) is 0 Å². The van der Waals surface area contributed by atoms with E-state index in [1.807, 2.05) is 0 Å². The molecular formula is C17H26N2O3S2. The highest BCUT2D eigenvalue weighted by molar-refractivity contribution is 8.00. The Hall–Kier alpha value is -1.05. The Morgan fingerprint density at radius 1 is 1.17 bits per heavy atom. The quantitative estimate of drug-likeness (QED) is 0.536. The summed E-state index contributed by atoms with van der Waals surface area (Å²) < 4.78 is 26.4. The molecule has 1 fully saturated rings. The smallest absolute Gasteiger partial charge is 0.243 e. The van der Waals surface area contributed by atoms with Crippen LogP contribution in [-0.4, -0.2) is 44.0 Å². The summed E-state index contributed by atoms with van der Waals surface area (Å²) >= 11 is 1.42. The van der Waals surface area contributed by atoms with Crippen molar-refractivity contribution in [2.24, 2.45) is 0 Å². The van der Waals surface area contributed by atoms with Crippen LogP contribution in [-0.2, 0) is 14.8 Å². The zero-order valence-corrected chi connectivity index (χ0v) is 15.8. The number of hydrogen-bond acceptors (Lipinski definition) is 4. The van der Waals surface area contributed by atoms with Crippen LogP contribution in [0, 0.1) is 0 Å². The molecular weight excluding hydrogens is 344 g/mol. The Morgan fingerprint density at radius 2 is 1.83 bits per heavy atom. The molecule has 1 heterocycles. The molecule has 1 N–H and O–H groups in total. The van der Waals surface area contributed by atoms with Gasteiger partial charge in [-0.25, -0.2) is 8.42 Å². The van der Waals surface area contributed by atoms with Gasteiger partial charge >= 0.3 is 0 Å². The molecule has 0 aliphatic carbocycles. The molecule has 0 unspecified atom stereocenters. The molecule has 0 aromatic heterocycles. The Morgan fingerprint density at radius 3 is 2.46 bits per heavy atom. The molecule has 0 bridgehead atoms. The van der Waals surface area contributed by atoms with Crippen molar-refractivity contribution in [2.45, 2.75) is 48.8 Å². The molecule has 1 amide bonds. The predicted molar refractivity (Wildman–Crippen MR) is 97.7 cm³/mol. The van der Waals surface area contributed by atoms with Crippen LogP contribution in [0.1, 0.15) is 39.0 Å². The van der Waals surface area contributed by atoms with E-state index in [4.69, 9.17) is 0 Å². The third kappa shape index (κ3) is 5.50. The van der Waals surface area contributed by atoms with Crippen LogP contribution >= 0.6 is 11.8 Å². The standard InChI is InChI=1S/C17H26N2O3S2/c1-2-3-4-11-18-17(20)14-23-15-7-9-16(10-8-15)24(21,22)19-12-5-6-13-19/h7-10H,2-6,11-14H2,1H3,(H,18,20). The van der Waals surface area contributed by atoms with E-state index in [2.05, 4.69) is 12.2 Å². The lowest BCUT2D eigenvalue weighted by molar-refractivity contribution is -0.118. The van der Waals surface area contributed by atoms with Crippen LogP contribution in [0.25, 0.3) is 0 Å². The van der Waals surface area contributed by atoms with Gasteiger partial charge in [0.15, 0.2) is 0 Å². The Labute approximate surface area is 149 Å². The second kappa shape index (κ2) is 9.44. The zero-order chi connectivity index (χ0) is 17.4. The first-order chi connectivity index (χ1) is 11.5. The van der Waals surface area contributed by atoms with Crippen LogP contribution in [0.3, 0.4) is 0 Å². The van der Waals surface area contributed by atoms with Crippen molar-refractivity contribution in [3.05, 3.63) is 24.3 Å². The van der Waals surface area contributed by atoms with Crippen molar-refractivity contribution in [3.8, 4) is 0 Å². The highest BCUT2D eigenvalue weighted by Gasteiger charge is 2.26. The highest BCUT2D eigenvalue weighted by Crippen LogP contribution is 2.24. The zero-order valence-electron chi connectivity index (χ0n) is 14.2. The van der Waals surface area contributed by atoms with Crippen LogP contribution in [0.15, 0.2) is 34.1 Å². The van der Waals surface area contributed by atoms with E-state index in [1.54, 1.807) is 28.6 Å². The van der Waals surface area contributed by atoms with E-state index in [1.165, 1.54) is 11.8 Å². The lowest BCUT2D eigenvalue weighted by Crippen LogP contribution is -2.27. The molecule has 1 aliphatic heterocycles. The largest absolute Gasteiger partial charge is 0.355 e. The summed E-state index contributed by atoms with van der Waals surface area (Å²) in [6, 6.07) is 6.82. The number of hydrogen-bond donors (Lipinski definition) is 1. The second-order valence-electron chi connectivity index (χ2n) is 5.93. The molecule has 1 saturated heterocycles. The second-order valence-corrected chi connectivity index (χ2v) is 8.92. The number of rotatable bonds is 9. The van der Waals surface area contributed by atoms with Crippen molar-refractivity contribution in [1.82, 2.24) is 9.62 Å². The first kappa shape index (κ1) is 19.3. The summed E-state index contributed by atoms with van der Waals surface area (Å²) in [5.41, 5.74) is 0. The third-order valence-electron chi connectivity index (χ3n) is 4.00. The van der Waals surface area contributed by atoms with E-state index in [-0.39, 0.29) is 5.91 Å². The van der Waals surface area contributed by atoms with E-state index < -0.39 is 10.0 Å². The first-order valence-corrected chi connectivity index (χ1v) is 11.0. The third-order valence-corrected chi connectivity index (χ3v) is 6.92. The van der Waals surface area contributed by atoms with Gasteiger partial charge in [0, 0.05) is 24.5 Å². The van der Waals surface area contributed by atoms with E-state index >= 15 is 0 Å². The summed E-state index contributed by atoms with van der Waals surface area (Å²) in [6.45, 7) is 4.07. The van der Waals surface area contributed by atoms with Gasteiger partial charge in [-0.3, -0.25) is 4.79 Å². The van der Waals surface area contributed by atoms with Crippen molar-refractivity contribution >= 4 is 27.7 Å². The molecule has 134 valence electrons. The molecule has 7 heteroatoms. The average Bonchev–Trinajstić information content (AvgIpc) is 3.13. The fraction of sp³-hybridized carbons (Fsp3) is 0.588. The number of nitrogens with zero attached hydrogens (tertiary/aromatic N) is 1. The van der Waals surface area contributed by atoms with Gasteiger partial charge < -0.3 is 5.32 Å². The minimum Gasteiger partial charge on any atom is -0.355 e. The monoisotopic (exact) mass is 370 g/mol. The number of amides is 1. The van der Waals surface area contributed by atoms with Gasteiger partial charge in [0.05, 0.1) is 10.6 Å². The minimum absolute atomic E-state index is 0.0184. The SMILES string of the molecule is CCCCCNC(=O)CSc1ccc(S(=O)(=O)N2CCCC2)cc1. The van der Waals surface area contributed by atoms with Gasteiger partial charge in [-0.1, -0.05) is 19.8 Å². The molecule has 1 aromatic rings. The summed E-state index contributed by atoms with van der Waals surface area (Å²) in [5, 5.41) is 2.90. The number of benzene rings is 1. The van der Waals surface area contributed by atoms with Crippen LogP contribution in [0.5, 0.6) is 0 Å². The number of carbonyl (C=O) groups is 1. The van der Waals surface area contributed by atoms with Gasteiger partial charge in [0.2, 0.25) is 15.9 Å². The topological polar surface area (TPSA) is 66.5 Å². The van der Waals surface area contributed by atoms with Gasteiger partial charge in [0.1, 0.15) is 0 Å².